The molecule has 0 aliphatic heterocycles. The molecule has 0 N–H and O–H groups in total. The van der Waals surface area contributed by atoms with Gasteiger partial charge in [0, 0.05) is 20.2 Å². The van der Waals surface area contributed by atoms with Gasteiger partial charge in [0.1, 0.15) is 0 Å². The lowest BCUT2D eigenvalue weighted by molar-refractivity contribution is 1.71. The quantitative estimate of drug-likeness (QED) is 0.177. The summed E-state index contributed by atoms with van der Waals surface area (Å²) in [4.78, 5) is 0. The second-order valence-electron chi connectivity index (χ2n) is 12.5. The molecule has 0 radical (unpaired) electrons. The Morgan fingerprint density at radius 3 is 0.978 bits per heavy atom. The summed E-state index contributed by atoms with van der Waals surface area (Å²) in [7, 11) is 0. The Hall–Kier alpha value is -5.50. The van der Waals surface area contributed by atoms with E-state index in [9.17, 15) is 0 Å². The first-order valence-electron chi connectivity index (χ1n) is 15.6. The molecule has 0 aliphatic carbocycles. The van der Waals surface area contributed by atoms with Crippen LogP contribution in [0.25, 0.3) is 107 Å². The average Bonchev–Trinajstić information content (AvgIpc) is 3.46. The molecular weight excluding hydrogens is 561 g/mol. The summed E-state index contributed by atoms with van der Waals surface area (Å²) in [5, 5.41) is 18.6. The van der Waals surface area contributed by atoms with E-state index in [1.807, 2.05) is 11.3 Å². The molecule has 206 valence electrons. The van der Waals surface area contributed by atoms with Crippen molar-refractivity contribution in [1.82, 2.24) is 0 Å². The minimum Gasteiger partial charge on any atom is -0.135 e. The maximum Gasteiger partial charge on any atom is 0.0361 e. The normalized spacial score (nSPS) is 12.4. The lowest BCUT2D eigenvalue weighted by atomic mass is 9.91. The SMILES string of the molecule is c1cc2ccc3cc(-c4ccc5c(c4)sc4cc(-c6cc7ccc8cccc9ccc(c6)c7c89)ccc45)cc4ccc(c1)c2c34. The van der Waals surface area contributed by atoms with Crippen molar-refractivity contribution in [3.63, 3.8) is 0 Å². The Labute approximate surface area is 263 Å². The van der Waals surface area contributed by atoms with Gasteiger partial charge in [-0.05, 0) is 123 Å². The minimum absolute atomic E-state index is 1.27. The van der Waals surface area contributed by atoms with Gasteiger partial charge in [-0.1, -0.05) is 109 Å². The molecule has 45 heavy (non-hydrogen) atoms. The van der Waals surface area contributed by atoms with E-state index in [2.05, 4.69) is 146 Å². The first-order valence-corrected chi connectivity index (χ1v) is 16.4. The predicted octanol–water partition coefficient (Wildman–Crippen LogP) is 13.2. The Morgan fingerprint density at radius 1 is 0.267 bits per heavy atom. The van der Waals surface area contributed by atoms with Crippen LogP contribution in [0, 0.1) is 0 Å². The molecule has 0 spiro atoms. The lowest BCUT2D eigenvalue weighted by Crippen LogP contribution is -1.86. The Kier molecular flexibility index (Phi) is 4.55. The van der Waals surface area contributed by atoms with Gasteiger partial charge in [-0.25, -0.2) is 0 Å². The van der Waals surface area contributed by atoms with Gasteiger partial charge < -0.3 is 0 Å². The van der Waals surface area contributed by atoms with Crippen LogP contribution >= 0.6 is 11.3 Å². The van der Waals surface area contributed by atoms with Crippen LogP contribution in [0.15, 0.2) is 146 Å². The maximum atomic E-state index is 2.39. The van der Waals surface area contributed by atoms with E-state index in [0.717, 1.165) is 0 Å². The van der Waals surface area contributed by atoms with Gasteiger partial charge in [-0.3, -0.25) is 0 Å². The summed E-state index contributed by atoms with van der Waals surface area (Å²) < 4.78 is 2.67. The molecule has 0 nitrogen and oxygen atoms in total. The summed E-state index contributed by atoms with van der Waals surface area (Å²) in [6.07, 6.45) is 0. The number of rotatable bonds is 2. The number of thiophene rings is 1. The first-order chi connectivity index (χ1) is 22.2. The lowest BCUT2D eigenvalue weighted by Gasteiger charge is -2.13. The topological polar surface area (TPSA) is 0 Å². The molecule has 0 amide bonds. The highest BCUT2D eigenvalue weighted by molar-refractivity contribution is 7.25. The van der Waals surface area contributed by atoms with Crippen molar-refractivity contribution in [1.29, 1.82) is 0 Å². The summed E-state index contributed by atoms with van der Waals surface area (Å²) in [5.41, 5.74) is 5.09. The fraction of sp³-hybridized carbons (Fsp3) is 0. The third-order valence-corrected chi connectivity index (χ3v) is 11.2. The van der Waals surface area contributed by atoms with Crippen molar-refractivity contribution in [2.75, 3.05) is 0 Å². The standard InChI is InChI=1S/C44H24S/c1-3-25-7-11-31-19-35(20-32-12-8-26(4-1)41(25)43(31)32)29-15-17-37-38-18-16-30(24-40(38)45-39(37)23-29)36-21-33-13-9-27-5-2-6-28-10-14-34(22-36)44(33)42(27)28/h1-24H. The molecule has 1 heteroatoms. The van der Waals surface area contributed by atoms with Crippen LogP contribution in [-0.4, -0.2) is 0 Å². The zero-order chi connectivity index (χ0) is 29.2. The molecule has 10 aromatic carbocycles. The van der Waals surface area contributed by atoms with Crippen molar-refractivity contribution < 1.29 is 0 Å². The van der Waals surface area contributed by atoms with E-state index in [4.69, 9.17) is 0 Å². The van der Waals surface area contributed by atoms with Gasteiger partial charge in [0.2, 0.25) is 0 Å². The molecule has 0 atom stereocenters. The zero-order valence-electron chi connectivity index (χ0n) is 24.3. The fourth-order valence-electron chi connectivity index (χ4n) is 7.98. The minimum atomic E-state index is 1.27. The fourth-order valence-corrected chi connectivity index (χ4v) is 9.16. The highest BCUT2D eigenvalue weighted by atomic mass is 32.1. The van der Waals surface area contributed by atoms with Gasteiger partial charge >= 0.3 is 0 Å². The maximum absolute atomic E-state index is 2.39. The number of fused-ring (bicyclic) bond motifs is 3. The molecule has 11 rings (SSSR count). The van der Waals surface area contributed by atoms with Crippen LogP contribution in [0.5, 0.6) is 0 Å². The molecular formula is C44H24S. The van der Waals surface area contributed by atoms with Crippen LogP contribution in [0.4, 0.5) is 0 Å². The van der Waals surface area contributed by atoms with E-state index in [0.29, 0.717) is 0 Å². The van der Waals surface area contributed by atoms with Gasteiger partial charge in [-0.15, -0.1) is 11.3 Å². The van der Waals surface area contributed by atoms with Gasteiger partial charge in [0.25, 0.3) is 0 Å². The van der Waals surface area contributed by atoms with Crippen molar-refractivity contribution in [2.24, 2.45) is 0 Å². The van der Waals surface area contributed by atoms with Crippen molar-refractivity contribution >= 4 is 96.1 Å². The molecule has 0 unspecified atom stereocenters. The van der Waals surface area contributed by atoms with E-state index in [1.165, 1.54) is 107 Å². The van der Waals surface area contributed by atoms with E-state index < -0.39 is 0 Å². The second-order valence-corrected chi connectivity index (χ2v) is 13.6. The number of hydrogen-bond donors (Lipinski definition) is 0. The molecule has 1 aromatic heterocycles. The van der Waals surface area contributed by atoms with E-state index >= 15 is 0 Å². The summed E-state index contributed by atoms with van der Waals surface area (Å²) in [6.45, 7) is 0. The highest BCUT2D eigenvalue weighted by Gasteiger charge is 2.14. The van der Waals surface area contributed by atoms with E-state index in [-0.39, 0.29) is 0 Å². The third-order valence-electron chi connectivity index (χ3n) is 10.1. The zero-order valence-corrected chi connectivity index (χ0v) is 25.1. The molecule has 0 saturated heterocycles. The van der Waals surface area contributed by atoms with Crippen molar-refractivity contribution in [3.8, 4) is 22.3 Å². The largest absolute Gasteiger partial charge is 0.135 e. The second kappa shape index (κ2) is 8.57. The molecule has 0 saturated carbocycles. The molecule has 0 aliphatic rings. The Morgan fingerprint density at radius 2 is 0.600 bits per heavy atom. The first kappa shape index (κ1) is 23.9. The monoisotopic (exact) mass is 584 g/mol. The third kappa shape index (κ3) is 3.31. The van der Waals surface area contributed by atoms with Crippen LogP contribution in [0.3, 0.4) is 0 Å². The summed E-state index contributed by atoms with van der Waals surface area (Å²) in [5.74, 6) is 0. The van der Waals surface area contributed by atoms with Crippen LogP contribution in [0.1, 0.15) is 0 Å². The summed E-state index contributed by atoms with van der Waals surface area (Å²) >= 11 is 1.90. The average molecular weight is 585 g/mol. The van der Waals surface area contributed by atoms with Gasteiger partial charge in [0.05, 0.1) is 0 Å². The number of benzene rings is 10. The summed E-state index contributed by atoms with van der Waals surface area (Å²) in [6, 6.07) is 54.9. The van der Waals surface area contributed by atoms with Gasteiger partial charge in [-0.2, -0.15) is 0 Å². The number of hydrogen-bond acceptors (Lipinski definition) is 1. The van der Waals surface area contributed by atoms with Crippen LogP contribution < -0.4 is 0 Å². The van der Waals surface area contributed by atoms with Crippen LogP contribution in [-0.2, 0) is 0 Å². The van der Waals surface area contributed by atoms with E-state index in [1.54, 1.807) is 0 Å². The Bertz CT molecular complexity index is 2650. The molecule has 0 bridgehead atoms. The molecule has 11 aromatic rings. The van der Waals surface area contributed by atoms with Gasteiger partial charge in [0.15, 0.2) is 0 Å². The molecule has 0 fully saturated rings. The smallest absolute Gasteiger partial charge is 0.0361 e. The van der Waals surface area contributed by atoms with Crippen LogP contribution in [0.2, 0.25) is 0 Å². The Balaban J connectivity index is 1.05. The molecule has 1 heterocycles. The van der Waals surface area contributed by atoms with Crippen molar-refractivity contribution in [2.45, 2.75) is 0 Å². The highest BCUT2D eigenvalue weighted by Crippen LogP contribution is 2.42. The predicted molar refractivity (Wildman–Crippen MR) is 198 cm³/mol. The van der Waals surface area contributed by atoms with Crippen molar-refractivity contribution in [3.05, 3.63) is 146 Å².